The van der Waals surface area contributed by atoms with Gasteiger partial charge in [-0.05, 0) is 31.4 Å². The summed E-state index contributed by atoms with van der Waals surface area (Å²) in [6.45, 7) is 0. The number of hydrogen-bond acceptors (Lipinski definition) is 3. The van der Waals surface area contributed by atoms with Crippen LogP contribution in [0.15, 0.2) is 30.3 Å². The molecule has 1 heterocycles. The molecule has 1 aromatic carbocycles. The van der Waals surface area contributed by atoms with Gasteiger partial charge in [0.2, 0.25) is 0 Å². The average Bonchev–Trinajstić information content (AvgIpc) is 2.85. The molecule has 1 aromatic heterocycles. The summed E-state index contributed by atoms with van der Waals surface area (Å²) < 4.78 is 13.0. The molecule has 0 bridgehead atoms. The van der Waals surface area contributed by atoms with E-state index in [4.69, 9.17) is 9.47 Å². The molecule has 3 rings (SSSR count). The number of para-hydroxylation sites is 1. The Kier molecular flexibility index (Phi) is 3.97. The lowest BCUT2D eigenvalue weighted by Gasteiger charge is -2.27. The van der Waals surface area contributed by atoms with Crippen LogP contribution in [0.5, 0.6) is 0 Å². The number of aryl methyl sites for hydroxylation is 1. The third-order valence-electron chi connectivity index (χ3n) is 4.35. The number of hydrogen-bond donors (Lipinski definition) is 0. The van der Waals surface area contributed by atoms with Crippen LogP contribution in [0.4, 0.5) is 0 Å². The summed E-state index contributed by atoms with van der Waals surface area (Å²) in [6, 6.07) is 9.86. The Balaban J connectivity index is 1.76. The van der Waals surface area contributed by atoms with Crippen LogP contribution in [0.1, 0.15) is 36.2 Å². The first-order valence-electron chi connectivity index (χ1n) is 7.47. The summed E-state index contributed by atoms with van der Waals surface area (Å²) in [4.78, 5) is 12.4. The summed E-state index contributed by atoms with van der Waals surface area (Å²) in [5, 5.41) is 1.06. The van der Waals surface area contributed by atoms with Gasteiger partial charge in [0.05, 0.1) is 6.10 Å². The molecule has 1 aliphatic carbocycles. The Labute approximate surface area is 124 Å². The number of nitrogens with zero attached hydrogens (tertiary/aromatic N) is 1. The fourth-order valence-corrected chi connectivity index (χ4v) is 3.12. The van der Waals surface area contributed by atoms with E-state index in [0.717, 1.165) is 36.6 Å². The first-order chi connectivity index (χ1) is 10.2. The normalized spacial score (nSPS) is 22.4. The molecule has 1 saturated carbocycles. The maximum Gasteiger partial charge on any atom is 0.355 e. The molecule has 4 nitrogen and oxygen atoms in total. The van der Waals surface area contributed by atoms with Crippen LogP contribution in [0.2, 0.25) is 0 Å². The molecule has 0 radical (unpaired) electrons. The van der Waals surface area contributed by atoms with Crippen molar-refractivity contribution in [1.82, 2.24) is 4.57 Å². The third kappa shape index (κ3) is 2.81. The molecule has 2 aromatic rings. The van der Waals surface area contributed by atoms with Crippen molar-refractivity contribution in [3.8, 4) is 0 Å². The molecule has 2 atom stereocenters. The Morgan fingerprint density at radius 3 is 2.76 bits per heavy atom. The minimum atomic E-state index is -0.240. The molecular weight excluding hydrogens is 266 g/mol. The summed E-state index contributed by atoms with van der Waals surface area (Å²) in [7, 11) is 3.62. The molecule has 0 spiro atoms. The van der Waals surface area contributed by atoms with Crippen molar-refractivity contribution in [2.24, 2.45) is 7.05 Å². The number of aromatic nitrogens is 1. The van der Waals surface area contributed by atoms with Crippen LogP contribution in [-0.2, 0) is 16.5 Å². The van der Waals surface area contributed by atoms with E-state index in [1.165, 1.54) is 0 Å². The van der Waals surface area contributed by atoms with Gasteiger partial charge in [0.1, 0.15) is 11.8 Å². The second-order valence-corrected chi connectivity index (χ2v) is 5.70. The van der Waals surface area contributed by atoms with Gasteiger partial charge in [-0.15, -0.1) is 0 Å². The third-order valence-corrected chi connectivity index (χ3v) is 4.35. The van der Waals surface area contributed by atoms with Crippen molar-refractivity contribution in [3.63, 3.8) is 0 Å². The van der Waals surface area contributed by atoms with E-state index in [9.17, 15) is 4.79 Å². The Hall–Kier alpha value is -1.81. The lowest BCUT2D eigenvalue weighted by atomic mass is 9.95. The van der Waals surface area contributed by atoms with Crippen molar-refractivity contribution >= 4 is 16.9 Å². The largest absolute Gasteiger partial charge is 0.458 e. The first-order valence-corrected chi connectivity index (χ1v) is 7.47. The Bertz CT molecular complexity index is 647. The van der Waals surface area contributed by atoms with Gasteiger partial charge in [-0.1, -0.05) is 18.2 Å². The fraction of sp³-hybridized carbons (Fsp3) is 0.471. The van der Waals surface area contributed by atoms with Gasteiger partial charge in [0.25, 0.3) is 0 Å². The van der Waals surface area contributed by atoms with E-state index in [1.807, 2.05) is 41.9 Å². The summed E-state index contributed by atoms with van der Waals surface area (Å²) >= 11 is 0. The van der Waals surface area contributed by atoms with Crippen LogP contribution < -0.4 is 0 Å². The number of fused-ring (bicyclic) bond motifs is 1. The predicted octanol–water partition coefficient (Wildman–Crippen LogP) is 3.29. The smallest absolute Gasteiger partial charge is 0.355 e. The van der Waals surface area contributed by atoms with Crippen molar-refractivity contribution in [1.29, 1.82) is 0 Å². The standard InChI is InChI=1S/C17H21NO3/c1-18-15-9-4-3-6-12(15)10-16(18)17(19)21-14-8-5-7-13(11-14)20-2/h3-4,6,9-10,13-14H,5,7-8,11H2,1-2H3. The highest BCUT2D eigenvalue weighted by molar-refractivity contribution is 5.95. The summed E-state index contributed by atoms with van der Waals surface area (Å²) in [5.74, 6) is -0.240. The number of carbonyl (C=O) groups is 1. The number of esters is 1. The van der Waals surface area contributed by atoms with Crippen LogP contribution >= 0.6 is 0 Å². The van der Waals surface area contributed by atoms with Crippen LogP contribution in [0, 0.1) is 0 Å². The highest BCUT2D eigenvalue weighted by Gasteiger charge is 2.26. The van der Waals surface area contributed by atoms with Gasteiger partial charge in [0, 0.05) is 31.5 Å². The molecule has 1 fully saturated rings. The van der Waals surface area contributed by atoms with E-state index < -0.39 is 0 Å². The van der Waals surface area contributed by atoms with Gasteiger partial charge in [0.15, 0.2) is 0 Å². The SMILES string of the molecule is COC1CCCC(OC(=O)c2cc3ccccc3n2C)C1. The zero-order chi connectivity index (χ0) is 14.8. The molecule has 0 aliphatic heterocycles. The quantitative estimate of drug-likeness (QED) is 0.813. The lowest BCUT2D eigenvalue weighted by Crippen LogP contribution is -2.29. The van der Waals surface area contributed by atoms with E-state index in [2.05, 4.69) is 0 Å². The van der Waals surface area contributed by atoms with Gasteiger partial charge in [-0.2, -0.15) is 0 Å². The van der Waals surface area contributed by atoms with Gasteiger partial charge < -0.3 is 14.0 Å². The summed E-state index contributed by atoms with van der Waals surface area (Å²) in [5.41, 5.74) is 1.65. The highest BCUT2D eigenvalue weighted by atomic mass is 16.5. The Morgan fingerprint density at radius 1 is 1.24 bits per heavy atom. The number of carbonyl (C=O) groups excluding carboxylic acids is 1. The van der Waals surface area contributed by atoms with Crippen LogP contribution in [-0.4, -0.2) is 29.9 Å². The second-order valence-electron chi connectivity index (χ2n) is 5.70. The zero-order valence-electron chi connectivity index (χ0n) is 12.5. The number of ether oxygens (including phenoxy) is 2. The maximum atomic E-state index is 12.4. The van der Waals surface area contributed by atoms with E-state index in [1.54, 1.807) is 7.11 Å². The van der Waals surface area contributed by atoms with E-state index >= 15 is 0 Å². The van der Waals surface area contributed by atoms with Crippen molar-refractivity contribution < 1.29 is 14.3 Å². The van der Waals surface area contributed by atoms with Gasteiger partial charge >= 0.3 is 5.97 Å². The lowest BCUT2D eigenvalue weighted by molar-refractivity contribution is -0.0155. The minimum Gasteiger partial charge on any atom is -0.458 e. The van der Waals surface area contributed by atoms with Crippen molar-refractivity contribution in [3.05, 3.63) is 36.0 Å². The molecule has 112 valence electrons. The molecular formula is C17H21NO3. The first kappa shape index (κ1) is 14.1. The molecule has 21 heavy (non-hydrogen) atoms. The van der Waals surface area contributed by atoms with Crippen molar-refractivity contribution in [2.75, 3.05) is 7.11 Å². The highest BCUT2D eigenvalue weighted by Crippen LogP contribution is 2.25. The molecule has 0 amide bonds. The van der Waals surface area contributed by atoms with Crippen molar-refractivity contribution in [2.45, 2.75) is 37.9 Å². The van der Waals surface area contributed by atoms with E-state index in [-0.39, 0.29) is 18.2 Å². The van der Waals surface area contributed by atoms with Gasteiger partial charge in [-0.3, -0.25) is 0 Å². The zero-order valence-corrected chi connectivity index (χ0v) is 12.5. The second kappa shape index (κ2) is 5.90. The summed E-state index contributed by atoms with van der Waals surface area (Å²) in [6.07, 6.45) is 4.00. The van der Waals surface area contributed by atoms with Crippen LogP contribution in [0.25, 0.3) is 10.9 Å². The number of benzene rings is 1. The molecule has 4 heteroatoms. The van der Waals surface area contributed by atoms with Crippen LogP contribution in [0.3, 0.4) is 0 Å². The molecule has 1 aliphatic rings. The number of methoxy groups -OCH3 is 1. The molecule has 2 unspecified atom stereocenters. The predicted molar refractivity (Wildman–Crippen MR) is 81.4 cm³/mol. The number of rotatable bonds is 3. The van der Waals surface area contributed by atoms with Gasteiger partial charge in [-0.25, -0.2) is 4.79 Å². The fourth-order valence-electron chi connectivity index (χ4n) is 3.12. The average molecular weight is 287 g/mol. The monoisotopic (exact) mass is 287 g/mol. The Morgan fingerprint density at radius 2 is 2.00 bits per heavy atom. The molecule has 0 N–H and O–H groups in total. The topological polar surface area (TPSA) is 40.5 Å². The maximum absolute atomic E-state index is 12.4. The van der Waals surface area contributed by atoms with E-state index in [0.29, 0.717) is 5.69 Å². The minimum absolute atomic E-state index is 0.0331. The molecule has 0 saturated heterocycles.